The quantitative estimate of drug-likeness (QED) is 0.693. The molecule has 2 nitrogen and oxygen atoms in total. The molecule has 0 spiro atoms. The van der Waals surface area contributed by atoms with Gasteiger partial charge in [-0.2, -0.15) is 0 Å². The fraction of sp³-hybridized carbons (Fsp3) is 0.923. The second-order valence-corrected chi connectivity index (χ2v) is 6.33. The van der Waals surface area contributed by atoms with E-state index in [1.165, 1.54) is 0 Å². The summed E-state index contributed by atoms with van der Waals surface area (Å²) >= 11 is 0. The predicted octanol–water partition coefficient (Wildman–Crippen LogP) is 2.05. The lowest BCUT2D eigenvalue weighted by Crippen LogP contribution is -2.43. The fourth-order valence-corrected chi connectivity index (χ4v) is 3.77. The standard InChI is InChI=1S/C13H23NO/c1-8-9-6-11(13(8,2)3)10(12(9)15)7-14(4)5/h8-11H,6-7H2,1-5H3/t8-,9+,10-,11+/m0/s1. The Balaban J connectivity index is 2.21. The molecule has 2 heteroatoms. The van der Waals surface area contributed by atoms with Crippen LogP contribution in [0.1, 0.15) is 27.2 Å². The van der Waals surface area contributed by atoms with Gasteiger partial charge in [-0.3, -0.25) is 4.79 Å². The Hall–Kier alpha value is -0.370. The van der Waals surface area contributed by atoms with Crippen molar-refractivity contribution in [3.63, 3.8) is 0 Å². The number of nitrogens with zero attached hydrogens (tertiary/aromatic N) is 1. The highest BCUT2D eigenvalue weighted by Crippen LogP contribution is 2.59. The molecule has 0 N–H and O–H groups in total. The molecule has 0 aromatic heterocycles. The van der Waals surface area contributed by atoms with Crippen molar-refractivity contribution >= 4 is 5.78 Å². The molecular weight excluding hydrogens is 186 g/mol. The zero-order chi connectivity index (χ0) is 11.4. The van der Waals surface area contributed by atoms with Gasteiger partial charge >= 0.3 is 0 Å². The first-order valence-electron chi connectivity index (χ1n) is 6.04. The van der Waals surface area contributed by atoms with Gasteiger partial charge in [0.05, 0.1) is 0 Å². The summed E-state index contributed by atoms with van der Waals surface area (Å²) in [4.78, 5) is 14.3. The van der Waals surface area contributed by atoms with Crippen LogP contribution in [0, 0.1) is 29.1 Å². The summed E-state index contributed by atoms with van der Waals surface area (Å²) in [7, 11) is 4.13. The fourth-order valence-electron chi connectivity index (χ4n) is 3.77. The molecule has 15 heavy (non-hydrogen) atoms. The normalized spacial score (nSPS) is 42.9. The summed E-state index contributed by atoms with van der Waals surface area (Å²) in [5.74, 6) is 2.40. The van der Waals surface area contributed by atoms with Crippen molar-refractivity contribution in [2.45, 2.75) is 27.2 Å². The van der Waals surface area contributed by atoms with E-state index in [1.54, 1.807) is 0 Å². The molecule has 0 radical (unpaired) electrons. The Morgan fingerprint density at radius 1 is 1.40 bits per heavy atom. The molecule has 0 saturated heterocycles. The number of carbonyl (C=O) groups is 1. The van der Waals surface area contributed by atoms with E-state index >= 15 is 0 Å². The van der Waals surface area contributed by atoms with Gasteiger partial charge in [-0.15, -0.1) is 0 Å². The highest BCUT2D eigenvalue weighted by Gasteiger charge is 2.59. The van der Waals surface area contributed by atoms with Gasteiger partial charge < -0.3 is 4.90 Å². The average Bonchev–Trinajstić information content (AvgIpc) is 2.52. The number of Topliss-reactive ketones (excluding diaryl/α,β-unsaturated/α-hetero) is 1. The van der Waals surface area contributed by atoms with E-state index in [0.717, 1.165) is 13.0 Å². The van der Waals surface area contributed by atoms with Gasteiger partial charge in [-0.25, -0.2) is 0 Å². The summed E-state index contributed by atoms with van der Waals surface area (Å²) in [6.45, 7) is 7.89. The van der Waals surface area contributed by atoms with E-state index in [9.17, 15) is 4.79 Å². The molecule has 0 aliphatic heterocycles. The van der Waals surface area contributed by atoms with Crippen LogP contribution in [0.4, 0.5) is 0 Å². The SMILES string of the molecule is C[C@H]1[C@H]2C[C@H]([C@H](CN(C)C)C2=O)C1(C)C. The number of hydrogen-bond acceptors (Lipinski definition) is 2. The lowest BCUT2D eigenvalue weighted by Gasteiger charge is -2.40. The third-order valence-electron chi connectivity index (χ3n) is 5.02. The van der Waals surface area contributed by atoms with E-state index in [4.69, 9.17) is 0 Å². The first-order chi connectivity index (χ1) is 6.85. The molecule has 2 rings (SSSR count). The first-order valence-corrected chi connectivity index (χ1v) is 6.04. The molecule has 0 heterocycles. The van der Waals surface area contributed by atoms with Crippen molar-refractivity contribution < 1.29 is 4.79 Å². The van der Waals surface area contributed by atoms with E-state index in [-0.39, 0.29) is 0 Å². The summed E-state index contributed by atoms with van der Waals surface area (Å²) in [6, 6.07) is 0. The monoisotopic (exact) mass is 209 g/mol. The van der Waals surface area contributed by atoms with Crippen molar-refractivity contribution in [1.82, 2.24) is 4.90 Å². The lowest BCUT2D eigenvalue weighted by atomic mass is 9.65. The molecule has 0 unspecified atom stereocenters. The Morgan fingerprint density at radius 3 is 2.47 bits per heavy atom. The Kier molecular flexibility index (Phi) is 2.45. The van der Waals surface area contributed by atoms with Crippen LogP contribution in [0.2, 0.25) is 0 Å². The Morgan fingerprint density at radius 2 is 2.00 bits per heavy atom. The van der Waals surface area contributed by atoms with Crippen molar-refractivity contribution in [2.24, 2.45) is 29.1 Å². The molecule has 0 aromatic carbocycles. The minimum atomic E-state index is 0.302. The molecule has 2 aliphatic rings. The maximum atomic E-state index is 12.2. The highest BCUT2D eigenvalue weighted by atomic mass is 16.1. The number of carbonyl (C=O) groups excluding carboxylic acids is 1. The topological polar surface area (TPSA) is 20.3 Å². The van der Waals surface area contributed by atoms with Crippen LogP contribution in [0.3, 0.4) is 0 Å². The third-order valence-corrected chi connectivity index (χ3v) is 5.02. The second kappa shape index (κ2) is 3.31. The maximum absolute atomic E-state index is 12.2. The van der Waals surface area contributed by atoms with E-state index in [2.05, 4.69) is 39.8 Å². The molecular formula is C13H23NO. The molecule has 4 atom stereocenters. The molecule has 0 aromatic rings. The molecule has 2 saturated carbocycles. The van der Waals surface area contributed by atoms with E-state index in [0.29, 0.717) is 34.9 Å². The molecule has 86 valence electrons. The van der Waals surface area contributed by atoms with E-state index < -0.39 is 0 Å². The number of fused-ring (bicyclic) bond motifs is 2. The van der Waals surface area contributed by atoms with Crippen LogP contribution in [0.15, 0.2) is 0 Å². The molecule has 2 aliphatic carbocycles. The van der Waals surface area contributed by atoms with Crippen LogP contribution in [0.5, 0.6) is 0 Å². The van der Waals surface area contributed by atoms with E-state index in [1.807, 2.05) is 0 Å². The largest absolute Gasteiger partial charge is 0.309 e. The zero-order valence-corrected chi connectivity index (χ0v) is 10.6. The minimum absolute atomic E-state index is 0.302. The molecule has 2 fully saturated rings. The van der Waals surface area contributed by atoms with Gasteiger partial charge in [0.25, 0.3) is 0 Å². The van der Waals surface area contributed by atoms with Crippen molar-refractivity contribution in [3.8, 4) is 0 Å². The van der Waals surface area contributed by atoms with Gasteiger partial charge in [0, 0.05) is 18.4 Å². The lowest BCUT2D eigenvalue weighted by molar-refractivity contribution is -0.131. The summed E-state index contributed by atoms with van der Waals surface area (Å²) in [5.41, 5.74) is 0.360. The van der Waals surface area contributed by atoms with Crippen LogP contribution in [-0.2, 0) is 4.79 Å². The smallest absolute Gasteiger partial charge is 0.140 e. The predicted molar refractivity (Wildman–Crippen MR) is 61.6 cm³/mol. The maximum Gasteiger partial charge on any atom is 0.140 e. The number of hydrogen-bond donors (Lipinski definition) is 0. The van der Waals surface area contributed by atoms with Gasteiger partial charge in [0.15, 0.2) is 0 Å². The number of rotatable bonds is 2. The van der Waals surface area contributed by atoms with Gasteiger partial charge in [-0.1, -0.05) is 20.8 Å². The van der Waals surface area contributed by atoms with Crippen molar-refractivity contribution in [3.05, 3.63) is 0 Å². The van der Waals surface area contributed by atoms with Crippen LogP contribution in [-0.4, -0.2) is 31.3 Å². The second-order valence-electron chi connectivity index (χ2n) is 6.33. The number of ketones is 1. The first kappa shape index (κ1) is 11.1. The van der Waals surface area contributed by atoms with Crippen LogP contribution >= 0.6 is 0 Å². The van der Waals surface area contributed by atoms with Crippen LogP contribution in [0.25, 0.3) is 0 Å². The zero-order valence-electron chi connectivity index (χ0n) is 10.6. The summed E-state index contributed by atoms with van der Waals surface area (Å²) in [5, 5.41) is 0. The molecule has 2 bridgehead atoms. The highest BCUT2D eigenvalue weighted by molar-refractivity contribution is 5.87. The summed E-state index contributed by atoms with van der Waals surface area (Å²) < 4.78 is 0. The van der Waals surface area contributed by atoms with Gasteiger partial charge in [0.1, 0.15) is 5.78 Å². The Labute approximate surface area is 93.0 Å². The van der Waals surface area contributed by atoms with Crippen molar-refractivity contribution in [2.75, 3.05) is 20.6 Å². The van der Waals surface area contributed by atoms with Crippen LogP contribution < -0.4 is 0 Å². The summed E-state index contributed by atoms with van der Waals surface area (Å²) in [6.07, 6.45) is 1.14. The third kappa shape index (κ3) is 1.45. The molecule has 0 amide bonds. The minimum Gasteiger partial charge on any atom is -0.309 e. The van der Waals surface area contributed by atoms with Gasteiger partial charge in [-0.05, 0) is 37.8 Å². The van der Waals surface area contributed by atoms with Gasteiger partial charge in [0.2, 0.25) is 0 Å². The Bertz CT molecular complexity index is 282. The average molecular weight is 209 g/mol. The van der Waals surface area contributed by atoms with Crippen molar-refractivity contribution in [1.29, 1.82) is 0 Å².